The van der Waals surface area contributed by atoms with Crippen LogP contribution in [0, 0.1) is 0 Å². The number of nitrogens with zero attached hydrogens (tertiary/aromatic N) is 2. The van der Waals surface area contributed by atoms with E-state index in [2.05, 4.69) is 4.98 Å². The maximum Gasteiger partial charge on any atom is 0.333 e. The van der Waals surface area contributed by atoms with E-state index in [0.29, 0.717) is 12.2 Å². The summed E-state index contributed by atoms with van der Waals surface area (Å²) in [6, 6.07) is 18.9. The fourth-order valence-electron chi connectivity index (χ4n) is 4.37. The van der Waals surface area contributed by atoms with E-state index in [0.717, 1.165) is 22.4 Å². The van der Waals surface area contributed by atoms with Gasteiger partial charge in [0.1, 0.15) is 5.75 Å². The number of aliphatic carboxylic acids is 1. The van der Waals surface area contributed by atoms with Gasteiger partial charge < -0.3 is 24.6 Å². The van der Waals surface area contributed by atoms with Crippen molar-refractivity contribution >= 4 is 17.6 Å². The molecule has 0 bridgehead atoms. The first kappa shape index (κ1) is 22.1. The second-order valence-corrected chi connectivity index (χ2v) is 8.48. The third-order valence-corrected chi connectivity index (χ3v) is 6.16. The third-order valence-electron chi connectivity index (χ3n) is 6.16. The Morgan fingerprint density at radius 2 is 1.79 bits per heavy atom. The van der Waals surface area contributed by atoms with Crippen LogP contribution in [0.1, 0.15) is 30.9 Å². The average Bonchev–Trinajstić information content (AvgIpc) is 2.84. The van der Waals surface area contributed by atoms with E-state index in [9.17, 15) is 14.7 Å². The Morgan fingerprint density at radius 3 is 2.44 bits per heavy atom. The second-order valence-electron chi connectivity index (χ2n) is 8.48. The quantitative estimate of drug-likeness (QED) is 0.542. The predicted octanol–water partition coefficient (Wildman–Crippen LogP) is 3.56. The van der Waals surface area contributed by atoms with Crippen LogP contribution in [0.3, 0.4) is 0 Å². The molecule has 8 heteroatoms. The molecular formula is C26H24N2O6. The number of ether oxygens (including phenoxy) is 2. The van der Waals surface area contributed by atoms with E-state index < -0.39 is 24.5 Å². The lowest BCUT2D eigenvalue weighted by molar-refractivity contribution is -0.195. The van der Waals surface area contributed by atoms with Crippen molar-refractivity contribution < 1.29 is 29.3 Å². The summed E-state index contributed by atoms with van der Waals surface area (Å²) in [6.45, 7) is 0. The summed E-state index contributed by atoms with van der Waals surface area (Å²) in [5, 5.41) is 19.1. The van der Waals surface area contributed by atoms with Gasteiger partial charge in [0.25, 0.3) is 0 Å². The van der Waals surface area contributed by atoms with E-state index in [1.807, 2.05) is 48.5 Å². The van der Waals surface area contributed by atoms with Crippen molar-refractivity contribution in [3.8, 4) is 16.9 Å². The molecule has 0 aliphatic carbocycles. The van der Waals surface area contributed by atoms with Crippen LogP contribution in [0.2, 0.25) is 0 Å². The van der Waals surface area contributed by atoms with E-state index in [-0.39, 0.29) is 24.8 Å². The number of rotatable bonds is 6. The van der Waals surface area contributed by atoms with E-state index >= 15 is 0 Å². The highest BCUT2D eigenvalue weighted by atomic mass is 16.7. The lowest BCUT2D eigenvalue weighted by atomic mass is 9.92. The largest absolute Gasteiger partial charge is 0.479 e. The van der Waals surface area contributed by atoms with E-state index in [1.54, 1.807) is 29.4 Å². The number of benzene rings is 2. The second kappa shape index (κ2) is 9.24. The van der Waals surface area contributed by atoms with Crippen LogP contribution in [0.4, 0.5) is 5.69 Å². The minimum absolute atomic E-state index is 0.0445. The average molecular weight is 460 g/mol. The van der Waals surface area contributed by atoms with Crippen LogP contribution in [0.25, 0.3) is 11.1 Å². The minimum Gasteiger partial charge on any atom is -0.479 e. The monoisotopic (exact) mass is 460 g/mol. The lowest BCUT2D eigenvalue weighted by Gasteiger charge is -2.41. The Morgan fingerprint density at radius 1 is 1.03 bits per heavy atom. The van der Waals surface area contributed by atoms with Crippen molar-refractivity contribution in [3.05, 3.63) is 78.6 Å². The molecule has 4 atom stereocenters. The number of carbonyl (C=O) groups excluding carboxylic acids is 1. The molecule has 1 amide bonds. The zero-order chi connectivity index (χ0) is 23.7. The van der Waals surface area contributed by atoms with Crippen LogP contribution in [0.5, 0.6) is 5.75 Å². The highest BCUT2D eigenvalue weighted by molar-refractivity contribution is 6.01. The number of carboxylic acid groups (broad SMARTS) is 1. The number of aromatic nitrogens is 1. The normalized spacial score (nSPS) is 24.4. The highest BCUT2D eigenvalue weighted by Crippen LogP contribution is 2.40. The number of carbonyl (C=O) groups is 2. The summed E-state index contributed by atoms with van der Waals surface area (Å²) < 4.78 is 11.2. The molecular weight excluding hydrogens is 436 g/mol. The van der Waals surface area contributed by atoms with Gasteiger partial charge in [0.2, 0.25) is 12.2 Å². The number of aliphatic hydroxyl groups is 1. The smallest absolute Gasteiger partial charge is 0.333 e. The molecule has 1 aromatic heterocycles. The number of hydrogen-bond acceptors (Lipinski definition) is 6. The molecule has 3 heterocycles. The summed E-state index contributed by atoms with van der Waals surface area (Å²) in [5.41, 5.74) is 3.85. The molecule has 2 fully saturated rings. The van der Waals surface area contributed by atoms with Gasteiger partial charge in [-0.2, -0.15) is 0 Å². The SMILES string of the molecule is O=C(O)C1CC(O)CC(Oc2ccc(C3CC(=O)N3c3ccc(-c4cccnc4)cc3)cc2)O1. The van der Waals surface area contributed by atoms with Crippen molar-refractivity contribution in [2.24, 2.45) is 0 Å². The van der Waals surface area contributed by atoms with E-state index in [1.165, 1.54) is 0 Å². The van der Waals surface area contributed by atoms with Gasteiger partial charge in [-0.3, -0.25) is 9.78 Å². The number of anilines is 1. The number of carboxylic acids is 1. The van der Waals surface area contributed by atoms with Gasteiger partial charge in [-0.15, -0.1) is 0 Å². The zero-order valence-corrected chi connectivity index (χ0v) is 18.3. The molecule has 4 unspecified atom stereocenters. The number of hydrogen-bond donors (Lipinski definition) is 2. The van der Waals surface area contributed by atoms with Gasteiger partial charge in [0, 0.05) is 30.9 Å². The molecule has 0 radical (unpaired) electrons. The first-order valence-electron chi connectivity index (χ1n) is 11.1. The fraction of sp³-hybridized carbons (Fsp3) is 0.269. The predicted molar refractivity (Wildman–Crippen MR) is 123 cm³/mol. The topological polar surface area (TPSA) is 109 Å². The molecule has 174 valence electrons. The Hall–Kier alpha value is -3.75. The van der Waals surface area contributed by atoms with Crippen molar-refractivity contribution in [2.75, 3.05) is 4.90 Å². The third kappa shape index (κ3) is 4.50. The van der Waals surface area contributed by atoms with Crippen LogP contribution >= 0.6 is 0 Å². The first-order chi connectivity index (χ1) is 16.5. The molecule has 8 nitrogen and oxygen atoms in total. The highest BCUT2D eigenvalue weighted by Gasteiger charge is 2.38. The zero-order valence-electron chi connectivity index (χ0n) is 18.3. The van der Waals surface area contributed by atoms with Gasteiger partial charge in [0.15, 0.2) is 6.10 Å². The summed E-state index contributed by atoms with van der Waals surface area (Å²) in [5.74, 6) is -0.556. The minimum atomic E-state index is -1.12. The van der Waals surface area contributed by atoms with Gasteiger partial charge >= 0.3 is 5.97 Å². The van der Waals surface area contributed by atoms with Crippen LogP contribution in [-0.4, -0.2) is 45.6 Å². The summed E-state index contributed by atoms with van der Waals surface area (Å²) >= 11 is 0. The molecule has 2 aromatic carbocycles. The number of β-lactam (4-membered cyclic amide) rings is 1. The summed E-state index contributed by atoms with van der Waals surface area (Å²) in [6.07, 6.45) is 1.48. The Kier molecular flexibility index (Phi) is 6.00. The number of aliphatic hydroxyl groups excluding tert-OH is 1. The maximum atomic E-state index is 12.4. The number of pyridine rings is 1. The van der Waals surface area contributed by atoms with Crippen LogP contribution in [0.15, 0.2) is 73.1 Å². The van der Waals surface area contributed by atoms with Gasteiger partial charge in [0.05, 0.1) is 18.6 Å². The molecule has 2 aliphatic heterocycles. The molecule has 5 rings (SSSR count). The Balaban J connectivity index is 1.26. The lowest BCUT2D eigenvalue weighted by Crippen LogP contribution is -2.46. The fourth-order valence-corrected chi connectivity index (χ4v) is 4.37. The maximum absolute atomic E-state index is 12.4. The summed E-state index contributed by atoms with van der Waals surface area (Å²) in [4.78, 5) is 29.5. The van der Waals surface area contributed by atoms with Gasteiger partial charge in [-0.05, 0) is 47.0 Å². The van der Waals surface area contributed by atoms with Gasteiger partial charge in [-0.1, -0.05) is 30.3 Å². The van der Waals surface area contributed by atoms with Crippen molar-refractivity contribution in [1.29, 1.82) is 0 Å². The molecule has 34 heavy (non-hydrogen) atoms. The molecule has 2 N–H and O–H groups in total. The molecule has 3 aromatic rings. The molecule has 0 saturated carbocycles. The Bertz CT molecular complexity index is 1170. The molecule has 2 saturated heterocycles. The standard InChI is InChI=1S/C26H24N2O6/c29-20-12-23(26(31)32)34-25(13-20)33-21-9-5-17(6-10-21)22-14-24(30)28(22)19-7-3-16(4-8-19)18-2-1-11-27-15-18/h1-11,15,20,22-23,25,29H,12-14H2,(H,31,32). The number of amides is 1. The van der Waals surface area contributed by atoms with Crippen molar-refractivity contribution in [1.82, 2.24) is 4.98 Å². The van der Waals surface area contributed by atoms with E-state index in [4.69, 9.17) is 14.6 Å². The van der Waals surface area contributed by atoms with Crippen LogP contribution < -0.4 is 9.64 Å². The summed E-state index contributed by atoms with van der Waals surface area (Å²) in [7, 11) is 0. The molecule has 2 aliphatic rings. The van der Waals surface area contributed by atoms with Crippen LogP contribution in [-0.2, 0) is 14.3 Å². The first-order valence-corrected chi connectivity index (χ1v) is 11.1. The van der Waals surface area contributed by atoms with Crippen molar-refractivity contribution in [3.63, 3.8) is 0 Å². The van der Waals surface area contributed by atoms with Gasteiger partial charge in [-0.25, -0.2) is 4.79 Å². The Labute approximate surface area is 196 Å². The molecule has 0 spiro atoms. The van der Waals surface area contributed by atoms with Crippen molar-refractivity contribution in [2.45, 2.75) is 43.8 Å².